The van der Waals surface area contributed by atoms with Crippen LogP contribution in [0.3, 0.4) is 0 Å². The second-order valence-electron chi connectivity index (χ2n) is 10.1. The molecule has 7 heteroatoms. The molecule has 1 aromatic heterocycles. The summed E-state index contributed by atoms with van der Waals surface area (Å²) in [7, 11) is 4.65. The quantitative estimate of drug-likeness (QED) is 0.174. The zero-order valence-corrected chi connectivity index (χ0v) is 22.9. The molecule has 0 radical (unpaired) electrons. The first-order valence-electron chi connectivity index (χ1n) is 13.4. The van der Waals surface area contributed by atoms with Crippen molar-refractivity contribution in [1.82, 2.24) is 0 Å². The van der Waals surface area contributed by atoms with Crippen LogP contribution in [0.25, 0.3) is 11.3 Å². The maximum Gasteiger partial charge on any atom is 0.310 e. The Morgan fingerprint density at radius 1 is 0.775 bits per heavy atom. The van der Waals surface area contributed by atoms with Gasteiger partial charge in [0.25, 0.3) is 0 Å². The van der Waals surface area contributed by atoms with Crippen LogP contribution < -0.4 is 18.9 Å². The molecule has 0 N–H and O–H groups in total. The van der Waals surface area contributed by atoms with E-state index >= 15 is 0 Å². The highest BCUT2D eigenvalue weighted by atomic mass is 16.5. The predicted octanol–water partition coefficient (Wildman–Crippen LogP) is 5.57. The van der Waals surface area contributed by atoms with Crippen molar-refractivity contribution < 1.29 is 28.5 Å². The first kappa shape index (κ1) is 25.7. The summed E-state index contributed by atoms with van der Waals surface area (Å²) in [5, 5.41) is 14.4. The van der Waals surface area contributed by atoms with Crippen molar-refractivity contribution in [3.05, 3.63) is 112 Å². The zero-order valence-electron chi connectivity index (χ0n) is 22.9. The van der Waals surface area contributed by atoms with Crippen LogP contribution in [0.1, 0.15) is 52.6 Å². The number of esters is 1. The lowest BCUT2D eigenvalue weighted by molar-refractivity contribution is -0.605. The van der Waals surface area contributed by atoms with Crippen LogP contribution in [-0.2, 0) is 9.53 Å². The third-order valence-electron chi connectivity index (χ3n) is 8.28. The molecule has 0 amide bonds. The average molecular weight is 538 g/mol. The third kappa shape index (κ3) is 3.79. The predicted molar refractivity (Wildman–Crippen MR) is 150 cm³/mol. The molecule has 3 aliphatic rings. The van der Waals surface area contributed by atoms with E-state index in [1.54, 1.807) is 39.5 Å². The molecular formula is C33H31NO6. The highest BCUT2D eigenvalue weighted by molar-refractivity contribution is 5.80. The second-order valence-corrected chi connectivity index (χ2v) is 10.1. The maximum atomic E-state index is 14.4. The molecule has 0 saturated carbocycles. The van der Waals surface area contributed by atoms with E-state index in [1.807, 2.05) is 43.3 Å². The molecule has 40 heavy (non-hydrogen) atoms. The van der Waals surface area contributed by atoms with E-state index in [4.69, 9.17) is 18.9 Å². The molecule has 4 aromatic rings. The van der Waals surface area contributed by atoms with Crippen molar-refractivity contribution in [3.8, 4) is 28.5 Å². The molecule has 0 saturated heterocycles. The molecular weight excluding hydrogens is 506 g/mol. The summed E-state index contributed by atoms with van der Waals surface area (Å²) in [4.78, 5) is 13.7. The average Bonchev–Trinajstić information content (AvgIpc) is 3.00. The summed E-state index contributed by atoms with van der Waals surface area (Å²) in [5.74, 6) is -0.285. The first-order chi connectivity index (χ1) is 19.5. The smallest absolute Gasteiger partial charge is 0.310 e. The number of hydrogen-bond acceptors (Lipinski definition) is 6. The minimum absolute atomic E-state index is 0.193. The number of nitrogens with zero attached hydrogens (tertiary/aromatic N) is 1. The monoisotopic (exact) mass is 537 g/mol. The number of carbonyl (C=O) groups excluding carboxylic acids is 1. The highest BCUT2D eigenvalue weighted by Crippen LogP contribution is 2.61. The number of carbonyl (C=O) groups is 1. The number of benzene rings is 3. The largest absolute Gasteiger partial charge is 0.618 e. The number of rotatable bonds is 7. The molecule has 0 fully saturated rings. The van der Waals surface area contributed by atoms with Gasteiger partial charge in [0.2, 0.25) is 5.69 Å². The molecule has 2 atom stereocenters. The van der Waals surface area contributed by atoms with E-state index in [1.165, 1.54) is 0 Å². The van der Waals surface area contributed by atoms with Crippen molar-refractivity contribution in [2.24, 2.45) is 5.92 Å². The molecule has 3 aromatic carbocycles. The van der Waals surface area contributed by atoms with Gasteiger partial charge in [-0.15, -0.1) is 0 Å². The summed E-state index contributed by atoms with van der Waals surface area (Å²) in [5.41, 5.74) is 5.88. The van der Waals surface area contributed by atoms with Crippen LogP contribution >= 0.6 is 0 Å². The van der Waals surface area contributed by atoms with E-state index in [2.05, 4.69) is 24.3 Å². The van der Waals surface area contributed by atoms with Crippen LogP contribution in [0.15, 0.2) is 78.9 Å². The molecule has 3 aliphatic carbocycles. The van der Waals surface area contributed by atoms with Crippen molar-refractivity contribution in [2.75, 3.05) is 27.9 Å². The van der Waals surface area contributed by atoms with Gasteiger partial charge in [-0.1, -0.05) is 48.5 Å². The van der Waals surface area contributed by atoms with Gasteiger partial charge in [0.15, 0.2) is 5.69 Å². The topological polar surface area (TPSA) is 80.9 Å². The maximum absolute atomic E-state index is 14.4. The molecule has 0 aliphatic heterocycles. The number of aromatic nitrogens is 1. The van der Waals surface area contributed by atoms with Gasteiger partial charge >= 0.3 is 5.97 Å². The Hall–Kier alpha value is -4.52. The molecule has 7 rings (SSSR count). The SMILES string of the molecule is CCOC(=O)C1C2c3ccccc3C(c3ccccc32)C1c1cccc(-c2c(OC)cc(OC)cc2OC)[n+]1[O-]. The van der Waals surface area contributed by atoms with E-state index < -0.39 is 11.8 Å². The Labute approximate surface area is 233 Å². The summed E-state index contributed by atoms with van der Waals surface area (Å²) < 4.78 is 23.3. The van der Waals surface area contributed by atoms with Gasteiger partial charge in [-0.2, -0.15) is 4.73 Å². The minimum Gasteiger partial charge on any atom is -0.618 e. The van der Waals surface area contributed by atoms with E-state index in [0.29, 0.717) is 34.2 Å². The standard InChI is InChI=1S/C33H31NO6/c1-5-40-33(35)32-29-22-13-8-6-11-20(22)28(21-12-7-9-14-23(21)29)31(32)25-16-10-15-24(34(25)36)30-26(38-3)17-19(37-2)18-27(30)39-4/h6-18,28-29,31-32H,5H2,1-4H3. The summed E-state index contributed by atoms with van der Waals surface area (Å²) >= 11 is 0. The highest BCUT2D eigenvalue weighted by Gasteiger charge is 2.56. The van der Waals surface area contributed by atoms with Crippen LogP contribution in [0.2, 0.25) is 0 Å². The molecule has 204 valence electrons. The lowest BCUT2D eigenvalue weighted by Gasteiger charge is -2.48. The Bertz CT molecular complexity index is 1530. The fourth-order valence-corrected chi connectivity index (χ4v) is 6.76. The number of methoxy groups -OCH3 is 3. The van der Waals surface area contributed by atoms with Gasteiger partial charge in [-0.3, -0.25) is 4.79 Å². The van der Waals surface area contributed by atoms with Gasteiger partial charge in [0.05, 0.1) is 39.8 Å². The van der Waals surface area contributed by atoms with Crippen molar-refractivity contribution in [3.63, 3.8) is 0 Å². The zero-order chi connectivity index (χ0) is 28.0. The number of hydrogen-bond donors (Lipinski definition) is 0. The summed E-state index contributed by atoms with van der Waals surface area (Å²) in [6, 6.07) is 25.4. The van der Waals surface area contributed by atoms with Crippen molar-refractivity contribution >= 4 is 5.97 Å². The fraction of sp³-hybridized carbons (Fsp3) is 0.273. The molecule has 0 spiro atoms. The third-order valence-corrected chi connectivity index (χ3v) is 8.28. The van der Waals surface area contributed by atoms with Gasteiger partial charge in [-0.25, -0.2) is 0 Å². The van der Waals surface area contributed by atoms with E-state index in [9.17, 15) is 10.0 Å². The normalized spacial score (nSPS) is 20.3. The molecule has 7 nitrogen and oxygen atoms in total. The van der Waals surface area contributed by atoms with Gasteiger partial charge < -0.3 is 24.2 Å². The Balaban J connectivity index is 1.60. The minimum atomic E-state index is -0.565. The number of fused-ring (bicyclic) bond motifs is 1. The number of pyridine rings is 1. The Kier molecular flexibility index (Phi) is 6.58. The van der Waals surface area contributed by atoms with Crippen LogP contribution in [-0.4, -0.2) is 33.9 Å². The van der Waals surface area contributed by atoms with Gasteiger partial charge in [0, 0.05) is 36.1 Å². The van der Waals surface area contributed by atoms with Crippen LogP contribution in [0, 0.1) is 11.1 Å². The first-order valence-corrected chi connectivity index (χ1v) is 13.4. The molecule has 1 heterocycles. The van der Waals surface area contributed by atoms with E-state index in [-0.39, 0.29) is 24.4 Å². The van der Waals surface area contributed by atoms with E-state index in [0.717, 1.165) is 27.0 Å². The molecule has 2 unspecified atom stereocenters. The Morgan fingerprint density at radius 2 is 1.32 bits per heavy atom. The number of ether oxygens (including phenoxy) is 4. The van der Waals surface area contributed by atoms with Gasteiger partial charge in [0.1, 0.15) is 22.8 Å². The van der Waals surface area contributed by atoms with Gasteiger partial charge in [-0.05, 0) is 35.2 Å². The summed E-state index contributed by atoms with van der Waals surface area (Å²) in [6.45, 7) is 2.08. The van der Waals surface area contributed by atoms with Crippen LogP contribution in [0.5, 0.6) is 17.2 Å². The van der Waals surface area contributed by atoms with Crippen LogP contribution in [0.4, 0.5) is 0 Å². The van der Waals surface area contributed by atoms with Crippen molar-refractivity contribution in [2.45, 2.75) is 24.7 Å². The Morgan fingerprint density at radius 3 is 1.82 bits per heavy atom. The lowest BCUT2D eigenvalue weighted by atomic mass is 9.53. The summed E-state index contributed by atoms with van der Waals surface area (Å²) in [6.07, 6.45) is 0. The lowest BCUT2D eigenvalue weighted by Crippen LogP contribution is -2.48. The fourth-order valence-electron chi connectivity index (χ4n) is 6.76. The molecule has 2 bridgehead atoms. The van der Waals surface area contributed by atoms with Crippen molar-refractivity contribution in [1.29, 1.82) is 0 Å². The second kappa shape index (κ2) is 10.2.